The second-order valence-corrected chi connectivity index (χ2v) is 4.94. The summed E-state index contributed by atoms with van der Waals surface area (Å²) in [5.41, 5.74) is 1.67. The maximum absolute atomic E-state index is 12.1. The van der Waals surface area contributed by atoms with E-state index in [2.05, 4.69) is 5.10 Å². The molecule has 100 valence electrons. The normalized spacial score (nSPS) is 19.3. The van der Waals surface area contributed by atoms with Crippen molar-refractivity contribution in [1.82, 2.24) is 9.78 Å². The Bertz CT molecular complexity index is 406. The summed E-state index contributed by atoms with van der Waals surface area (Å²) in [4.78, 5) is 12.1. The van der Waals surface area contributed by atoms with Crippen LogP contribution in [0.4, 0.5) is 0 Å². The molecule has 4 nitrogen and oxygen atoms in total. The predicted octanol–water partition coefficient (Wildman–Crippen LogP) is 2.74. The molecular formula is C14H22N2O2. The van der Waals surface area contributed by atoms with Crippen molar-refractivity contribution in [3.8, 4) is 0 Å². The average molecular weight is 250 g/mol. The number of nitrogens with zero attached hydrogens (tertiary/aromatic N) is 2. The van der Waals surface area contributed by atoms with Crippen LogP contribution >= 0.6 is 0 Å². The van der Waals surface area contributed by atoms with Crippen LogP contribution in [-0.4, -0.2) is 28.3 Å². The number of aromatic nitrogens is 2. The first kappa shape index (κ1) is 13.3. The van der Waals surface area contributed by atoms with E-state index in [1.165, 1.54) is 6.42 Å². The molecule has 0 radical (unpaired) electrons. The number of hydrogen-bond acceptors (Lipinski definition) is 3. The number of carbonyl (C=O) groups is 1. The Kier molecular flexibility index (Phi) is 4.53. The second kappa shape index (κ2) is 6.14. The smallest absolute Gasteiger partial charge is 0.180 e. The van der Waals surface area contributed by atoms with Gasteiger partial charge in [0, 0.05) is 19.6 Å². The standard InChI is InChI=1S/C14H22N2O2/c1-3-16-13(10-11(2)15-16)14(17)8-4-6-12-7-5-9-18-12/h10,12H,3-9H2,1-2H3. The molecule has 1 fully saturated rings. The molecule has 0 amide bonds. The maximum atomic E-state index is 12.1. The third kappa shape index (κ3) is 3.19. The fourth-order valence-corrected chi connectivity index (χ4v) is 2.50. The van der Waals surface area contributed by atoms with E-state index in [9.17, 15) is 4.79 Å². The Morgan fingerprint density at radius 1 is 1.61 bits per heavy atom. The van der Waals surface area contributed by atoms with Crippen molar-refractivity contribution < 1.29 is 9.53 Å². The minimum Gasteiger partial charge on any atom is -0.378 e. The quantitative estimate of drug-likeness (QED) is 0.729. The highest BCUT2D eigenvalue weighted by Gasteiger charge is 2.17. The van der Waals surface area contributed by atoms with Crippen LogP contribution in [0.3, 0.4) is 0 Å². The first-order valence-corrected chi connectivity index (χ1v) is 6.90. The van der Waals surface area contributed by atoms with Crippen LogP contribution in [0.5, 0.6) is 0 Å². The molecule has 1 aliphatic rings. The number of Topliss-reactive ketones (excluding diaryl/α,β-unsaturated/α-hetero) is 1. The molecule has 1 unspecified atom stereocenters. The molecule has 2 rings (SSSR count). The minimum atomic E-state index is 0.204. The molecular weight excluding hydrogens is 228 g/mol. The van der Waals surface area contributed by atoms with E-state index in [1.54, 1.807) is 4.68 Å². The lowest BCUT2D eigenvalue weighted by Gasteiger charge is -2.08. The third-order valence-corrected chi connectivity index (χ3v) is 3.44. The number of ether oxygens (including phenoxy) is 1. The van der Waals surface area contributed by atoms with Crippen LogP contribution in [0, 0.1) is 6.92 Å². The van der Waals surface area contributed by atoms with Gasteiger partial charge in [-0.2, -0.15) is 5.10 Å². The molecule has 0 saturated carbocycles. The van der Waals surface area contributed by atoms with Gasteiger partial charge in [0.15, 0.2) is 5.78 Å². The van der Waals surface area contributed by atoms with E-state index in [1.807, 2.05) is 19.9 Å². The van der Waals surface area contributed by atoms with E-state index >= 15 is 0 Å². The number of rotatable bonds is 6. The van der Waals surface area contributed by atoms with Gasteiger partial charge in [-0.1, -0.05) is 0 Å². The third-order valence-electron chi connectivity index (χ3n) is 3.44. The number of ketones is 1. The first-order chi connectivity index (χ1) is 8.70. The lowest BCUT2D eigenvalue weighted by molar-refractivity contribution is 0.0915. The summed E-state index contributed by atoms with van der Waals surface area (Å²) < 4.78 is 7.36. The largest absolute Gasteiger partial charge is 0.378 e. The van der Waals surface area contributed by atoms with Gasteiger partial charge in [-0.05, 0) is 45.6 Å². The molecule has 1 aromatic heterocycles. The van der Waals surface area contributed by atoms with Crippen LogP contribution < -0.4 is 0 Å². The highest BCUT2D eigenvalue weighted by molar-refractivity contribution is 5.94. The Balaban J connectivity index is 1.83. The summed E-state index contributed by atoms with van der Waals surface area (Å²) in [5.74, 6) is 0.204. The van der Waals surface area contributed by atoms with Crippen molar-refractivity contribution in [3.05, 3.63) is 17.5 Å². The summed E-state index contributed by atoms with van der Waals surface area (Å²) in [7, 11) is 0. The molecule has 2 heterocycles. The van der Waals surface area contributed by atoms with Gasteiger partial charge < -0.3 is 4.74 Å². The van der Waals surface area contributed by atoms with Gasteiger partial charge in [0.25, 0.3) is 0 Å². The van der Waals surface area contributed by atoms with Crippen LogP contribution in [-0.2, 0) is 11.3 Å². The molecule has 18 heavy (non-hydrogen) atoms. The van der Waals surface area contributed by atoms with Crippen molar-refractivity contribution in [3.63, 3.8) is 0 Å². The summed E-state index contributed by atoms with van der Waals surface area (Å²) >= 11 is 0. The van der Waals surface area contributed by atoms with Crippen LogP contribution in [0.2, 0.25) is 0 Å². The van der Waals surface area contributed by atoms with E-state index in [0.29, 0.717) is 12.5 Å². The fourth-order valence-electron chi connectivity index (χ4n) is 2.50. The van der Waals surface area contributed by atoms with Crippen LogP contribution in [0.1, 0.15) is 55.2 Å². The van der Waals surface area contributed by atoms with Crippen molar-refractivity contribution in [2.24, 2.45) is 0 Å². The van der Waals surface area contributed by atoms with Crippen molar-refractivity contribution >= 4 is 5.78 Å². The van der Waals surface area contributed by atoms with E-state index in [0.717, 1.165) is 43.8 Å². The highest BCUT2D eigenvalue weighted by atomic mass is 16.5. The van der Waals surface area contributed by atoms with Gasteiger partial charge >= 0.3 is 0 Å². The minimum absolute atomic E-state index is 0.204. The van der Waals surface area contributed by atoms with E-state index in [-0.39, 0.29) is 5.78 Å². The molecule has 1 atom stereocenters. The van der Waals surface area contributed by atoms with Gasteiger partial charge in [0.1, 0.15) is 5.69 Å². The van der Waals surface area contributed by atoms with Gasteiger partial charge in [0.2, 0.25) is 0 Å². The number of aryl methyl sites for hydroxylation is 2. The van der Waals surface area contributed by atoms with Crippen molar-refractivity contribution in [2.45, 2.75) is 58.6 Å². The molecule has 4 heteroatoms. The zero-order valence-electron chi connectivity index (χ0n) is 11.3. The molecule has 0 N–H and O–H groups in total. The lowest BCUT2D eigenvalue weighted by atomic mass is 10.1. The Hall–Kier alpha value is -1.16. The van der Waals surface area contributed by atoms with Crippen molar-refractivity contribution in [1.29, 1.82) is 0 Å². The monoisotopic (exact) mass is 250 g/mol. The van der Waals surface area contributed by atoms with Gasteiger partial charge in [-0.3, -0.25) is 9.48 Å². The number of carbonyl (C=O) groups excluding carboxylic acids is 1. The Morgan fingerprint density at radius 3 is 3.11 bits per heavy atom. The number of hydrogen-bond donors (Lipinski definition) is 0. The molecule has 0 aromatic carbocycles. The van der Waals surface area contributed by atoms with Gasteiger partial charge in [-0.25, -0.2) is 0 Å². The Labute approximate surface area is 108 Å². The predicted molar refractivity (Wildman–Crippen MR) is 69.8 cm³/mol. The second-order valence-electron chi connectivity index (χ2n) is 4.94. The first-order valence-electron chi connectivity index (χ1n) is 6.90. The molecule has 0 aliphatic carbocycles. The van der Waals surface area contributed by atoms with Crippen molar-refractivity contribution in [2.75, 3.05) is 6.61 Å². The zero-order chi connectivity index (χ0) is 13.0. The van der Waals surface area contributed by atoms with Gasteiger partial charge in [-0.15, -0.1) is 0 Å². The zero-order valence-corrected chi connectivity index (χ0v) is 11.3. The summed E-state index contributed by atoms with van der Waals surface area (Å²) in [6.45, 7) is 5.58. The highest BCUT2D eigenvalue weighted by Crippen LogP contribution is 2.18. The molecule has 1 aliphatic heterocycles. The van der Waals surface area contributed by atoms with E-state index < -0.39 is 0 Å². The molecule has 1 aromatic rings. The van der Waals surface area contributed by atoms with Crippen LogP contribution in [0.25, 0.3) is 0 Å². The van der Waals surface area contributed by atoms with Crippen LogP contribution in [0.15, 0.2) is 6.07 Å². The summed E-state index contributed by atoms with van der Waals surface area (Å²) in [6.07, 6.45) is 5.23. The fraction of sp³-hybridized carbons (Fsp3) is 0.714. The maximum Gasteiger partial charge on any atom is 0.180 e. The average Bonchev–Trinajstić information content (AvgIpc) is 2.98. The topological polar surface area (TPSA) is 44.1 Å². The lowest BCUT2D eigenvalue weighted by Crippen LogP contribution is -2.11. The molecule has 1 saturated heterocycles. The summed E-state index contributed by atoms with van der Waals surface area (Å²) in [6, 6.07) is 1.89. The molecule has 0 spiro atoms. The van der Waals surface area contributed by atoms with E-state index in [4.69, 9.17) is 4.74 Å². The van der Waals surface area contributed by atoms with Gasteiger partial charge in [0.05, 0.1) is 11.8 Å². The SMILES string of the molecule is CCn1nc(C)cc1C(=O)CCCC1CCCO1. The molecule has 0 bridgehead atoms. The Morgan fingerprint density at radius 2 is 2.44 bits per heavy atom. The summed E-state index contributed by atoms with van der Waals surface area (Å²) in [5, 5.41) is 4.31.